The Morgan fingerprint density at radius 1 is 1.19 bits per heavy atom. The van der Waals surface area contributed by atoms with E-state index in [1.54, 1.807) is 17.5 Å². The molecule has 0 bridgehead atoms. The lowest BCUT2D eigenvalue weighted by Crippen LogP contribution is -2.52. The first kappa shape index (κ1) is 21.6. The van der Waals surface area contributed by atoms with E-state index in [0.29, 0.717) is 16.1 Å². The highest BCUT2D eigenvalue weighted by Gasteiger charge is 2.45. The summed E-state index contributed by atoms with van der Waals surface area (Å²) < 4.78 is 0. The molecule has 5 rings (SSSR count). The summed E-state index contributed by atoms with van der Waals surface area (Å²) in [7, 11) is 0. The molecule has 3 heterocycles. The summed E-state index contributed by atoms with van der Waals surface area (Å²) in [5.41, 5.74) is 3.15. The van der Waals surface area contributed by atoms with Crippen molar-refractivity contribution < 1.29 is 4.79 Å². The highest BCUT2D eigenvalue weighted by molar-refractivity contribution is 7.15. The quantitative estimate of drug-likeness (QED) is 0.427. The van der Waals surface area contributed by atoms with Crippen LogP contribution in [0.15, 0.2) is 48.7 Å². The number of aryl methyl sites for hydroxylation is 2. The van der Waals surface area contributed by atoms with E-state index < -0.39 is 0 Å². The molecule has 1 amide bonds. The Kier molecular flexibility index (Phi) is 6.04. The van der Waals surface area contributed by atoms with Crippen LogP contribution >= 0.6 is 22.9 Å². The Hall–Kier alpha value is -2.24. The van der Waals surface area contributed by atoms with Crippen molar-refractivity contribution in [2.75, 3.05) is 6.54 Å². The second-order valence-corrected chi connectivity index (χ2v) is 10.9. The van der Waals surface area contributed by atoms with Gasteiger partial charge >= 0.3 is 0 Å². The number of thiazole rings is 1. The number of piperidine rings is 1. The maximum atomic E-state index is 13.8. The molecule has 4 nitrogen and oxygen atoms in total. The average molecular weight is 466 g/mol. The first-order valence-electron chi connectivity index (χ1n) is 11.5. The molecule has 32 heavy (non-hydrogen) atoms. The van der Waals surface area contributed by atoms with Crippen LogP contribution in [0.3, 0.4) is 0 Å². The second-order valence-electron chi connectivity index (χ2n) is 9.24. The van der Waals surface area contributed by atoms with Crippen molar-refractivity contribution in [2.45, 2.75) is 57.9 Å². The average Bonchev–Trinajstić information content (AvgIpc) is 3.19. The van der Waals surface area contributed by atoms with E-state index in [2.05, 4.69) is 22.0 Å². The van der Waals surface area contributed by atoms with E-state index in [4.69, 9.17) is 16.6 Å². The molecule has 0 radical (unpaired) electrons. The third kappa shape index (κ3) is 4.33. The predicted octanol–water partition coefficient (Wildman–Crippen LogP) is 6.57. The number of carbonyl (C=O) groups excluding carboxylic acids is 1. The molecule has 2 aliphatic rings. The molecule has 166 valence electrons. The van der Waals surface area contributed by atoms with Crippen molar-refractivity contribution in [3.8, 4) is 10.4 Å². The molecule has 0 N–H and O–H groups in total. The van der Waals surface area contributed by atoms with E-state index in [9.17, 15) is 4.79 Å². The van der Waals surface area contributed by atoms with E-state index in [0.717, 1.165) is 53.4 Å². The molecule has 1 spiro atoms. The molecule has 6 heteroatoms. The number of pyridine rings is 1. The number of rotatable bonds is 5. The summed E-state index contributed by atoms with van der Waals surface area (Å²) in [6.07, 6.45) is 9.61. The first-order valence-corrected chi connectivity index (χ1v) is 12.7. The zero-order valence-electron chi connectivity index (χ0n) is 18.4. The first-order chi connectivity index (χ1) is 15.5. The van der Waals surface area contributed by atoms with Crippen molar-refractivity contribution in [3.63, 3.8) is 0 Å². The lowest BCUT2D eigenvalue weighted by atomic mass is 9.61. The molecular formula is C26H28ClN3OS. The Bertz CT molecular complexity index is 1090. The fourth-order valence-electron chi connectivity index (χ4n) is 5.27. The van der Waals surface area contributed by atoms with Gasteiger partial charge < -0.3 is 4.90 Å². The third-order valence-electron chi connectivity index (χ3n) is 7.16. The van der Waals surface area contributed by atoms with Crippen molar-refractivity contribution >= 4 is 28.8 Å². The number of aromatic nitrogens is 2. The van der Waals surface area contributed by atoms with E-state index in [1.165, 1.54) is 19.3 Å². The lowest BCUT2D eigenvalue weighted by Gasteiger charge is -2.51. The zero-order valence-corrected chi connectivity index (χ0v) is 20.0. The fraction of sp³-hybridized carbons (Fsp3) is 0.423. The number of amides is 1. The van der Waals surface area contributed by atoms with Gasteiger partial charge in [0.15, 0.2) is 0 Å². The number of halogens is 1. The van der Waals surface area contributed by atoms with Crippen LogP contribution < -0.4 is 0 Å². The summed E-state index contributed by atoms with van der Waals surface area (Å²) in [6.45, 7) is 2.81. The monoisotopic (exact) mass is 465 g/mol. The Morgan fingerprint density at radius 2 is 2.00 bits per heavy atom. The largest absolute Gasteiger partial charge is 0.334 e. The van der Waals surface area contributed by atoms with Gasteiger partial charge in [0.1, 0.15) is 5.69 Å². The van der Waals surface area contributed by atoms with Crippen LogP contribution in [-0.4, -0.2) is 33.4 Å². The summed E-state index contributed by atoms with van der Waals surface area (Å²) in [5.74, 6) is 0.0800. The van der Waals surface area contributed by atoms with E-state index in [1.807, 2.05) is 37.3 Å². The minimum Gasteiger partial charge on any atom is -0.334 e. The van der Waals surface area contributed by atoms with Gasteiger partial charge in [-0.2, -0.15) is 0 Å². The topological polar surface area (TPSA) is 46.1 Å². The minimum atomic E-state index is 0.0800. The van der Waals surface area contributed by atoms with Gasteiger partial charge in [-0.3, -0.25) is 9.78 Å². The van der Waals surface area contributed by atoms with Gasteiger partial charge in [-0.05, 0) is 68.6 Å². The molecule has 1 aromatic carbocycles. The van der Waals surface area contributed by atoms with Gasteiger partial charge in [0.05, 0.1) is 14.9 Å². The molecule has 2 fully saturated rings. The van der Waals surface area contributed by atoms with E-state index in [-0.39, 0.29) is 11.9 Å². The molecule has 1 aliphatic heterocycles. The molecule has 1 unspecified atom stereocenters. The molecule has 1 atom stereocenters. The Balaban J connectivity index is 1.40. The van der Waals surface area contributed by atoms with Gasteiger partial charge in [0.2, 0.25) is 0 Å². The fourth-order valence-corrected chi connectivity index (χ4v) is 6.30. The maximum absolute atomic E-state index is 13.8. The van der Waals surface area contributed by atoms with Crippen LogP contribution in [0, 0.1) is 12.3 Å². The lowest BCUT2D eigenvalue weighted by molar-refractivity contribution is -0.00240. The van der Waals surface area contributed by atoms with Crippen molar-refractivity contribution in [1.82, 2.24) is 14.9 Å². The summed E-state index contributed by atoms with van der Waals surface area (Å²) in [5, 5.41) is 1.59. The second kappa shape index (κ2) is 8.95. The zero-order chi connectivity index (χ0) is 22.1. The number of benzene rings is 1. The third-order valence-corrected chi connectivity index (χ3v) is 8.41. The number of likely N-dealkylation sites (tertiary alicyclic amines) is 1. The molecule has 1 saturated heterocycles. The van der Waals surface area contributed by atoms with Crippen LogP contribution in [-0.2, 0) is 6.42 Å². The van der Waals surface area contributed by atoms with Gasteiger partial charge in [0.25, 0.3) is 5.91 Å². The summed E-state index contributed by atoms with van der Waals surface area (Å²) in [4.78, 5) is 26.1. The SMILES string of the molecule is Cc1nc(C(=O)N2CCC3(CCC3)CC2CCc2ccc(Cl)cn2)c(-c2ccccc2)s1. The van der Waals surface area contributed by atoms with Crippen molar-refractivity contribution in [2.24, 2.45) is 5.41 Å². The van der Waals surface area contributed by atoms with Gasteiger partial charge in [0, 0.05) is 24.5 Å². The summed E-state index contributed by atoms with van der Waals surface area (Å²) >= 11 is 7.61. The Labute approximate surface area is 198 Å². The maximum Gasteiger partial charge on any atom is 0.274 e. The molecule has 3 aromatic rings. The number of hydrogen-bond donors (Lipinski definition) is 0. The number of carbonyl (C=O) groups is 1. The van der Waals surface area contributed by atoms with Crippen LogP contribution in [0.5, 0.6) is 0 Å². The van der Waals surface area contributed by atoms with Gasteiger partial charge in [-0.25, -0.2) is 4.98 Å². The highest BCUT2D eigenvalue weighted by atomic mass is 35.5. The normalized spacial score (nSPS) is 19.7. The predicted molar refractivity (Wildman–Crippen MR) is 130 cm³/mol. The van der Waals surface area contributed by atoms with E-state index >= 15 is 0 Å². The van der Waals surface area contributed by atoms with Crippen LogP contribution in [0.25, 0.3) is 10.4 Å². The highest BCUT2D eigenvalue weighted by Crippen LogP contribution is 2.51. The van der Waals surface area contributed by atoms with Crippen molar-refractivity contribution in [3.05, 3.63) is 70.1 Å². The van der Waals surface area contributed by atoms with Crippen LogP contribution in [0.4, 0.5) is 0 Å². The molecule has 1 saturated carbocycles. The number of nitrogens with zero attached hydrogens (tertiary/aromatic N) is 3. The number of hydrogen-bond acceptors (Lipinski definition) is 4. The molecule has 2 aromatic heterocycles. The summed E-state index contributed by atoms with van der Waals surface area (Å²) in [6, 6.07) is 14.3. The minimum absolute atomic E-state index is 0.0800. The van der Waals surface area contributed by atoms with Crippen LogP contribution in [0.1, 0.15) is 59.7 Å². The van der Waals surface area contributed by atoms with Crippen LogP contribution in [0.2, 0.25) is 5.02 Å². The van der Waals surface area contributed by atoms with Gasteiger partial charge in [-0.1, -0.05) is 48.4 Å². The van der Waals surface area contributed by atoms with Crippen molar-refractivity contribution in [1.29, 1.82) is 0 Å². The standard InChI is InChI=1S/C26H28ClN3OS/c1-18-29-23(24(32-18)19-6-3-2-4-7-19)25(31)30-15-14-26(12-5-13-26)16-22(30)11-10-21-9-8-20(27)17-28-21/h2-4,6-9,17,22H,5,10-16H2,1H3. The molecule has 1 aliphatic carbocycles. The Morgan fingerprint density at radius 3 is 2.69 bits per heavy atom. The smallest absolute Gasteiger partial charge is 0.274 e. The molecular weight excluding hydrogens is 438 g/mol. The van der Waals surface area contributed by atoms with Gasteiger partial charge in [-0.15, -0.1) is 11.3 Å².